The average Bonchev–Trinajstić information content (AvgIpc) is 2.62. The van der Waals surface area contributed by atoms with E-state index in [1.54, 1.807) is 11.8 Å². The van der Waals surface area contributed by atoms with Crippen molar-refractivity contribution in [3.05, 3.63) is 29.0 Å². The zero-order valence-electron chi connectivity index (χ0n) is 13.5. The van der Waals surface area contributed by atoms with Crippen molar-refractivity contribution in [1.82, 2.24) is 5.32 Å². The van der Waals surface area contributed by atoms with Gasteiger partial charge in [-0.15, -0.1) is 0 Å². The normalized spacial score (nSPS) is 16.3. The molecule has 0 radical (unpaired) electrons. The van der Waals surface area contributed by atoms with Gasteiger partial charge < -0.3 is 20.5 Å². The molecule has 0 spiro atoms. The van der Waals surface area contributed by atoms with Gasteiger partial charge in [0.2, 0.25) is 0 Å². The Morgan fingerprint density at radius 3 is 2.68 bits per heavy atom. The van der Waals surface area contributed by atoms with Gasteiger partial charge in [0.1, 0.15) is 5.82 Å². The molecule has 6 nitrogen and oxygen atoms in total. The smallest absolute Gasteiger partial charge is 0.313 e. The first kappa shape index (κ1) is 20.0. The molecule has 3 N–H and O–H groups in total. The molecule has 1 aliphatic rings. The highest BCUT2D eigenvalue weighted by molar-refractivity contribution is 7.99. The zero-order chi connectivity index (χ0) is 18.3. The topological polar surface area (TPSA) is 87.7 Å². The van der Waals surface area contributed by atoms with Gasteiger partial charge in [0.15, 0.2) is 0 Å². The maximum absolute atomic E-state index is 13.1. The molecule has 9 heteroatoms. The Labute approximate surface area is 154 Å². The van der Waals surface area contributed by atoms with E-state index in [0.717, 1.165) is 30.4 Å². The quantitative estimate of drug-likeness (QED) is 0.645. The standard InChI is InChI=1S/C16H20ClFN2O4S/c17-12-9-11(1-2-13(12)18)20-15(23)14(22)19-10-16(24-6-5-21)3-7-25-8-4-16/h1-2,9,21H,3-8,10H2,(H,19,22)(H,20,23). The lowest BCUT2D eigenvalue weighted by molar-refractivity contribution is -0.137. The molecule has 1 saturated heterocycles. The van der Waals surface area contributed by atoms with Crippen molar-refractivity contribution in [3.8, 4) is 0 Å². The van der Waals surface area contributed by atoms with Crippen molar-refractivity contribution >= 4 is 40.9 Å². The molecule has 2 rings (SSSR count). The third-order valence-corrected chi connectivity index (χ3v) is 5.13. The first-order valence-electron chi connectivity index (χ1n) is 7.82. The van der Waals surface area contributed by atoms with Crippen molar-refractivity contribution < 1.29 is 23.8 Å². The van der Waals surface area contributed by atoms with Crippen LogP contribution in [0.4, 0.5) is 10.1 Å². The van der Waals surface area contributed by atoms with Gasteiger partial charge in [-0.1, -0.05) is 11.6 Å². The Balaban J connectivity index is 1.90. The van der Waals surface area contributed by atoms with Crippen molar-refractivity contribution in [3.63, 3.8) is 0 Å². The number of halogens is 2. The molecule has 0 saturated carbocycles. The van der Waals surface area contributed by atoms with Crippen LogP contribution in [0, 0.1) is 5.82 Å². The fourth-order valence-corrected chi connectivity index (χ4v) is 3.88. The summed E-state index contributed by atoms with van der Waals surface area (Å²) < 4.78 is 18.8. The fraction of sp³-hybridized carbons (Fsp3) is 0.500. The van der Waals surface area contributed by atoms with Crippen LogP contribution in [0.5, 0.6) is 0 Å². The first-order chi connectivity index (χ1) is 12.0. The number of hydrogen-bond acceptors (Lipinski definition) is 5. The van der Waals surface area contributed by atoms with Crippen LogP contribution in [0.25, 0.3) is 0 Å². The maximum Gasteiger partial charge on any atom is 0.313 e. The predicted octanol–water partition coefficient (Wildman–Crippen LogP) is 1.81. The van der Waals surface area contributed by atoms with Gasteiger partial charge >= 0.3 is 11.8 Å². The first-order valence-corrected chi connectivity index (χ1v) is 9.36. The Morgan fingerprint density at radius 1 is 1.32 bits per heavy atom. The van der Waals surface area contributed by atoms with Gasteiger partial charge in [-0.2, -0.15) is 11.8 Å². The molecule has 0 atom stereocenters. The third-order valence-electron chi connectivity index (χ3n) is 3.86. The highest BCUT2D eigenvalue weighted by Gasteiger charge is 2.34. The summed E-state index contributed by atoms with van der Waals surface area (Å²) in [4.78, 5) is 24.0. The summed E-state index contributed by atoms with van der Waals surface area (Å²) in [6.45, 7) is 0.263. The van der Waals surface area contributed by atoms with E-state index < -0.39 is 23.2 Å². The summed E-state index contributed by atoms with van der Waals surface area (Å²) in [7, 11) is 0. The van der Waals surface area contributed by atoms with Gasteiger partial charge in [0, 0.05) is 12.2 Å². The molecule has 1 aromatic carbocycles. The average molecular weight is 391 g/mol. The minimum Gasteiger partial charge on any atom is -0.394 e. The van der Waals surface area contributed by atoms with Crippen LogP contribution in [0.1, 0.15) is 12.8 Å². The SMILES string of the molecule is O=C(NCC1(OCCO)CCSCC1)C(=O)Nc1ccc(F)c(Cl)c1. The lowest BCUT2D eigenvalue weighted by atomic mass is 9.96. The molecule has 25 heavy (non-hydrogen) atoms. The molecular formula is C16H20ClFN2O4S. The molecule has 1 aliphatic heterocycles. The number of hydrogen-bond donors (Lipinski definition) is 3. The molecule has 1 aromatic rings. The summed E-state index contributed by atoms with van der Waals surface area (Å²) in [6, 6.07) is 3.65. The van der Waals surface area contributed by atoms with Crippen molar-refractivity contribution in [1.29, 1.82) is 0 Å². The minimum absolute atomic E-state index is 0.103. The van der Waals surface area contributed by atoms with Gasteiger partial charge in [-0.25, -0.2) is 4.39 Å². The molecular weight excluding hydrogens is 371 g/mol. The van der Waals surface area contributed by atoms with E-state index in [1.165, 1.54) is 12.1 Å². The van der Waals surface area contributed by atoms with Crippen LogP contribution >= 0.6 is 23.4 Å². The van der Waals surface area contributed by atoms with Crippen LogP contribution in [0.15, 0.2) is 18.2 Å². The summed E-state index contributed by atoms with van der Waals surface area (Å²) in [5.74, 6) is -0.513. The van der Waals surface area contributed by atoms with Crippen molar-refractivity contribution in [2.45, 2.75) is 18.4 Å². The number of benzene rings is 1. The van der Waals surface area contributed by atoms with Crippen LogP contribution in [-0.2, 0) is 14.3 Å². The Kier molecular flexibility index (Phi) is 7.49. The monoisotopic (exact) mass is 390 g/mol. The van der Waals surface area contributed by atoms with Gasteiger partial charge in [-0.3, -0.25) is 9.59 Å². The summed E-state index contributed by atoms with van der Waals surface area (Å²) in [5.41, 5.74) is -0.338. The lowest BCUT2D eigenvalue weighted by Gasteiger charge is -2.36. The van der Waals surface area contributed by atoms with Gasteiger partial charge in [-0.05, 0) is 42.5 Å². The van der Waals surface area contributed by atoms with E-state index in [0.29, 0.717) is 0 Å². The molecule has 0 aromatic heterocycles. The summed E-state index contributed by atoms with van der Waals surface area (Å²) in [6.07, 6.45) is 1.46. The number of aliphatic hydroxyl groups excluding tert-OH is 1. The third kappa shape index (κ3) is 5.85. The molecule has 1 heterocycles. The number of thioether (sulfide) groups is 1. The molecule has 0 bridgehead atoms. The van der Waals surface area contributed by atoms with Crippen molar-refractivity contribution in [2.75, 3.05) is 36.6 Å². The number of anilines is 1. The second-order valence-corrected chi connectivity index (χ2v) is 7.27. The Morgan fingerprint density at radius 2 is 2.04 bits per heavy atom. The number of amides is 2. The molecule has 2 amide bonds. The van der Waals surface area contributed by atoms with Gasteiger partial charge in [0.05, 0.1) is 23.8 Å². The van der Waals surface area contributed by atoms with E-state index in [-0.39, 0.29) is 30.5 Å². The molecule has 0 unspecified atom stereocenters. The van der Waals surface area contributed by atoms with E-state index in [9.17, 15) is 14.0 Å². The highest BCUT2D eigenvalue weighted by Crippen LogP contribution is 2.30. The second-order valence-electron chi connectivity index (χ2n) is 5.63. The Hall–Kier alpha value is -1.35. The predicted molar refractivity (Wildman–Crippen MR) is 95.4 cm³/mol. The van der Waals surface area contributed by atoms with Crippen LogP contribution in [0.3, 0.4) is 0 Å². The fourth-order valence-electron chi connectivity index (χ4n) is 2.46. The van der Waals surface area contributed by atoms with Crippen molar-refractivity contribution in [2.24, 2.45) is 0 Å². The Bertz CT molecular complexity index is 626. The molecule has 1 fully saturated rings. The summed E-state index contributed by atoms with van der Waals surface area (Å²) in [5, 5.41) is 13.8. The number of carbonyl (C=O) groups is 2. The minimum atomic E-state index is -0.870. The maximum atomic E-state index is 13.1. The van der Waals surface area contributed by atoms with E-state index in [1.807, 2.05) is 0 Å². The van der Waals surface area contributed by atoms with E-state index in [4.69, 9.17) is 21.4 Å². The zero-order valence-corrected chi connectivity index (χ0v) is 15.1. The highest BCUT2D eigenvalue weighted by atomic mass is 35.5. The number of ether oxygens (including phenoxy) is 1. The number of rotatable bonds is 6. The lowest BCUT2D eigenvalue weighted by Crippen LogP contribution is -2.50. The van der Waals surface area contributed by atoms with Crippen LogP contribution in [-0.4, -0.2) is 53.8 Å². The largest absolute Gasteiger partial charge is 0.394 e. The number of aliphatic hydroxyl groups is 1. The molecule has 138 valence electrons. The second kappa shape index (κ2) is 9.38. The number of carbonyl (C=O) groups excluding carboxylic acids is 2. The number of nitrogens with one attached hydrogen (secondary N) is 2. The van der Waals surface area contributed by atoms with E-state index >= 15 is 0 Å². The van der Waals surface area contributed by atoms with Crippen LogP contribution < -0.4 is 10.6 Å². The molecule has 0 aliphatic carbocycles. The van der Waals surface area contributed by atoms with E-state index in [2.05, 4.69) is 10.6 Å². The summed E-state index contributed by atoms with van der Waals surface area (Å²) >= 11 is 7.44. The van der Waals surface area contributed by atoms with Gasteiger partial charge in [0.25, 0.3) is 0 Å². The van der Waals surface area contributed by atoms with Crippen LogP contribution in [0.2, 0.25) is 5.02 Å².